The second-order valence-corrected chi connectivity index (χ2v) is 10.4. The molecule has 1 heterocycles. The number of hydrogen-bond donors (Lipinski definition) is 1. The van der Waals surface area contributed by atoms with Crippen LogP contribution < -0.4 is 5.32 Å². The monoisotopic (exact) mass is 492 g/mol. The van der Waals surface area contributed by atoms with Gasteiger partial charge >= 0.3 is 6.18 Å². The third kappa shape index (κ3) is 5.99. The molecule has 2 aromatic rings. The number of piperidine rings is 1. The second-order valence-electron chi connectivity index (χ2n) is 8.50. The molecule has 34 heavy (non-hydrogen) atoms. The fraction of sp³-hybridized carbons (Fsp3) is 0.400. The Kier molecular flexibility index (Phi) is 7.74. The Balaban J connectivity index is 1.56. The van der Waals surface area contributed by atoms with Crippen LogP contribution in [0, 0.1) is 38.5 Å². The minimum Gasteiger partial charge on any atom is -0.345 e. The van der Waals surface area contributed by atoms with Crippen molar-refractivity contribution in [1.82, 2.24) is 9.62 Å². The highest BCUT2D eigenvalue weighted by Crippen LogP contribution is 2.30. The first-order valence-corrected chi connectivity index (χ1v) is 12.4. The number of hydrogen-bond acceptors (Lipinski definition) is 3. The molecule has 0 spiro atoms. The number of carbonyl (C=O) groups excluding carboxylic acids is 1. The number of amides is 1. The molecule has 1 amide bonds. The van der Waals surface area contributed by atoms with Gasteiger partial charge in [0.2, 0.25) is 15.9 Å². The van der Waals surface area contributed by atoms with Gasteiger partial charge in [-0.1, -0.05) is 35.6 Å². The van der Waals surface area contributed by atoms with Crippen molar-refractivity contribution in [2.75, 3.05) is 19.6 Å². The fourth-order valence-electron chi connectivity index (χ4n) is 4.26. The summed E-state index contributed by atoms with van der Waals surface area (Å²) in [5, 5.41) is 2.67. The van der Waals surface area contributed by atoms with Crippen LogP contribution in [0.25, 0.3) is 0 Å². The summed E-state index contributed by atoms with van der Waals surface area (Å²) in [6, 6.07) is 8.38. The first-order valence-electron chi connectivity index (χ1n) is 10.9. The lowest BCUT2D eigenvalue weighted by Crippen LogP contribution is -2.43. The average molecular weight is 493 g/mol. The van der Waals surface area contributed by atoms with Crippen LogP contribution >= 0.6 is 0 Å². The molecule has 0 atom stereocenters. The van der Waals surface area contributed by atoms with Crippen LogP contribution in [0.2, 0.25) is 0 Å². The van der Waals surface area contributed by atoms with Crippen molar-refractivity contribution in [3.05, 3.63) is 64.2 Å². The Morgan fingerprint density at radius 1 is 1.09 bits per heavy atom. The maximum absolute atomic E-state index is 13.2. The number of aryl methyl sites for hydroxylation is 3. The van der Waals surface area contributed by atoms with Crippen LogP contribution in [-0.4, -0.2) is 38.3 Å². The van der Waals surface area contributed by atoms with Gasteiger partial charge in [-0.3, -0.25) is 4.79 Å². The van der Waals surface area contributed by atoms with Gasteiger partial charge in [0.25, 0.3) is 0 Å². The molecular weight excluding hydrogens is 465 g/mol. The van der Waals surface area contributed by atoms with Crippen molar-refractivity contribution < 1.29 is 26.4 Å². The van der Waals surface area contributed by atoms with Gasteiger partial charge < -0.3 is 5.32 Å². The molecule has 1 aliphatic heterocycles. The van der Waals surface area contributed by atoms with E-state index in [1.165, 1.54) is 16.4 Å². The summed E-state index contributed by atoms with van der Waals surface area (Å²) in [6.45, 7) is 5.97. The zero-order valence-electron chi connectivity index (χ0n) is 19.3. The Morgan fingerprint density at radius 3 is 2.29 bits per heavy atom. The highest BCUT2D eigenvalue weighted by Gasteiger charge is 2.33. The van der Waals surface area contributed by atoms with E-state index >= 15 is 0 Å². The van der Waals surface area contributed by atoms with Gasteiger partial charge in [-0.05, 0) is 62.9 Å². The second kappa shape index (κ2) is 10.2. The Morgan fingerprint density at radius 2 is 1.71 bits per heavy atom. The normalized spacial score (nSPS) is 15.5. The smallest absolute Gasteiger partial charge is 0.345 e. The lowest BCUT2D eigenvalue weighted by atomic mass is 9.97. The van der Waals surface area contributed by atoms with Gasteiger partial charge in [-0.2, -0.15) is 17.5 Å². The first kappa shape index (κ1) is 25.8. The van der Waals surface area contributed by atoms with Crippen LogP contribution in [0.4, 0.5) is 13.2 Å². The van der Waals surface area contributed by atoms with E-state index in [1.807, 2.05) is 19.1 Å². The molecule has 1 aliphatic rings. The summed E-state index contributed by atoms with van der Waals surface area (Å²) < 4.78 is 66.1. The number of alkyl halides is 3. The SMILES string of the molecule is Cc1cc(C)c(S(=O)(=O)N2CCC(C(=O)NCC#Cc3cccc(C(F)(F)F)c3)CC2)c(C)c1. The Bertz CT molecular complexity index is 1210. The van der Waals surface area contributed by atoms with Crippen molar-refractivity contribution in [3.63, 3.8) is 0 Å². The molecule has 1 N–H and O–H groups in total. The van der Waals surface area contributed by atoms with E-state index in [1.54, 1.807) is 13.8 Å². The number of benzene rings is 2. The largest absolute Gasteiger partial charge is 0.416 e. The number of nitrogens with one attached hydrogen (secondary N) is 1. The fourth-order valence-corrected chi connectivity index (χ4v) is 6.14. The molecule has 2 aromatic carbocycles. The molecule has 0 unspecified atom stereocenters. The zero-order chi connectivity index (χ0) is 25.1. The summed E-state index contributed by atoms with van der Waals surface area (Å²) >= 11 is 0. The molecule has 9 heteroatoms. The Labute approximate surface area is 198 Å². The Hall–Kier alpha value is -2.83. The molecule has 1 fully saturated rings. The quantitative estimate of drug-likeness (QED) is 0.651. The molecular formula is C25H27F3N2O3S. The van der Waals surface area contributed by atoms with E-state index in [2.05, 4.69) is 17.2 Å². The summed E-state index contributed by atoms with van der Waals surface area (Å²) in [7, 11) is -3.66. The third-order valence-corrected chi connectivity index (χ3v) is 8.01. The molecule has 0 saturated carbocycles. The van der Waals surface area contributed by atoms with E-state index < -0.39 is 21.8 Å². The number of rotatable bonds is 4. The number of nitrogens with zero attached hydrogens (tertiary/aromatic N) is 1. The van der Waals surface area contributed by atoms with Crippen molar-refractivity contribution in [3.8, 4) is 11.8 Å². The summed E-state index contributed by atoms with van der Waals surface area (Å²) in [5.74, 6) is 4.71. The molecule has 3 rings (SSSR count). The van der Waals surface area contributed by atoms with Crippen molar-refractivity contribution >= 4 is 15.9 Å². The number of carbonyl (C=O) groups is 1. The summed E-state index contributed by atoms with van der Waals surface area (Å²) in [5.41, 5.74) is 1.85. The van der Waals surface area contributed by atoms with Crippen LogP contribution in [0.1, 0.15) is 40.7 Å². The van der Waals surface area contributed by atoms with E-state index in [-0.39, 0.29) is 37.0 Å². The highest BCUT2D eigenvalue weighted by atomic mass is 32.2. The van der Waals surface area contributed by atoms with Crippen molar-refractivity contribution in [2.45, 2.75) is 44.7 Å². The molecule has 182 valence electrons. The van der Waals surface area contributed by atoms with E-state index in [0.717, 1.165) is 17.7 Å². The summed E-state index contributed by atoms with van der Waals surface area (Å²) in [6.07, 6.45) is -3.67. The van der Waals surface area contributed by atoms with E-state index in [4.69, 9.17) is 0 Å². The maximum atomic E-state index is 13.2. The molecule has 0 aromatic heterocycles. The van der Waals surface area contributed by atoms with Crippen molar-refractivity contribution in [2.24, 2.45) is 5.92 Å². The van der Waals surface area contributed by atoms with Crippen LogP contribution in [0.3, 0.4) is 0 Å². The molecule has 0 aliphatic carbocycles. The lowest BCUT2D eigenvalue weighted by Gasteiger charge is -2.31. The predicted octanol–water partition coefficient (Wildman–Crippen LogP) is 4.20. The van der Waals surface area contributed by atoms with Crippen LogP contribution in [0.15, 0.2) is 41.3 Å². The van der Waals surface area contributed by atoms with E-state index in [0.29, 0.717) is 28.9 Å². The minimum absolute atomic E-state index is 0.00462. The van der Waals surface area contributed by atoms with Gasteiger partial charge in [0.05, 0.1) is 17.0 Å². The average Bonchev–Trinajstić information content (AvgIpc) is 2.75. The zero-order valence-corrected chi connectivity index (χ0v) is 20.1. The van der Waals surface area contributed by atoms with Gasteiger partial charge in [-0.25, -0.2) is 8.42 Å². The maximum Gasteiger partial charge on any atom is 0.416 e. The van der Waals surface area contributed by atoms with Crippen LogP contribution in [-0.2, 0) is 21.0 Å². The third-order valence-electron chi connectivity index (χ3n) is 5.80. The summed E-state index contributed by atoms with van der Waals surface area (Å²) in [4.78, 5) is 12.8. The van der Waals surface area contributed by atoms with Crippen LogP contribution in [0.5, 0.6) is 0 Å². The number of halogens is 3. The van der Waals surface area contributed by atoms with E-state index in [9.17, 15) is 26.4 Å². The van der Waals surface area contributed by atoms with Gasteiger partial charge in [0, 0.05) is 24.6 Å². The molecule has 5 nitrogen and oxygen atoms in total. The number of sulfonamides is 1. The van der Waals surface area contributed by atoms with Gasteiger partial charge in [0.15, 0.2) is 0 Å². The van der Waals surface area contributed by atoms with Gasteiger partial charge in [0.1, 0.15) is 0 Å². The van der Waals surface area contributed by atoms with Gasteiger partial charge in [-0.15, -0.1) is 0 Å². The molecule has 1 saturated heterocycles. The molecule has 0 bridgehead atoms. The lowest BCUT2D eigenvalue weighted by molar-refractivity contribution is -0.137. The predicted molar refractivity (Wildman–Crippen MR) is 123 cm³/mol. The van der Waals surface area contributed by atoms with Crippen molar-refractivity contribution in [1.29, 1.82) is 0 Å². The molecule has 0 radical (unpaired) electrons. The minimum atomic E-state index is -4.44. The standard InChI is InChI=1S/C25H27F3N2O3S/c1-17-14-18(2)23(19(3)15-17)34(32,33)30-12-9-21(10-13-30)24(31)29-11-5-7-20-6-4-8-22(16-20)25(26,27)28/h4,6,8,14-16,21H,9-13H2,1-3H3,(H,29,31). The topological polar surface area (TPSA) is 66.5 Å². The first-order chi connectivity index (χ1) is 15.9. The highest BCUT2D eigenvalue weighted by molar-refractivity contribution is 7.89.